The van der Waals surface area contributed by atoms with E-state index in [9.17, 15) is 0 Å². The first-order chi connectivity index (χ1) is 13.6. The number of aliphatic imine (C=N–C) groups is 1. The molecule has 6 nitrogen and oxygen atoms in total. The molecule has 1 fully saturated rings. The minimum absolute atomic E-state index is 0.477. The Hall–Kier alpha value is -2.05. The minimum atomic E-state index is 0.477. The monoisotopic (exact) mass is 388 g/mol. The summed E-state index contributed by atoms with van der Waals surface area (Å²) in [5.74, 6) is 2.33. The second kappa shape index (κ2) is 12.4. The van der Waals surface area contributed by atoms with E-state index >= 15 is 0 Å². The molecule has 0 aromatic heterocycles. The van der Waals surface area contributed by atoms with Gasteiger partial charge in [-0.1, -0.05) is 44.7 Å². The highest BCUT2D eigenvalue weighted by Crippen LogP contribution is 2.17. The summed E-state index contributed by atoms with van der Waals surface area (Å²) in [6.45, 7) is 13.9. The molecule has 0 amide bonds. The van der Waals surface area contributed by atoms with E-state index in [1.54, 1.807) is 6.08 Å². The molecule has 2 N–H and O–H groups in total. The Morgan fingerprint density at radius 2 is 2.04 bits per heavy atom. The van der Waals surface area contributed by atoms with Crippen LogP contribution in [0.5, 0.6) is 5.75 Å². The van der Waals surface area contributed by atoms with Crippen molar-refractivity contribution in [2.45, 2.75) is 32.9 Å². The van der Waals surface area contributed by atoms with Gasteiger partial charge in [0.15, 0.2) is 5.96 Å². The van der Waals surface area contributed by atoms with Crippen LogP contribution in [0.3, 0.4) is 0 Å². The zero-order chi connectivity index (χ0) is 20.2. The third-order valence-electron chi connectivity index (χ3n) is 4.81. The van der Waals surface area contributed by atoms with Gasteiger partial charge in [0.1, 0.15) is 12.4 Å². The number of nitrogens with one attached hydrogen (secondary N) is 2. The number of morpholine rings is 1. The van der Waals surface area contributed by atoms with Crippen molar-refractivity contribution in [2.75, 3.05) is 46.5 Å². The lowest BCUT2D eigenvalue weighted by Gasteiger charge is -2.35. The van der Waals surface area contributed by atoms with Crippen LogP contribution < -0.4 is 15.4 Å². The van der Waals surface area contributed by atoms with Gasteiger partial charge in [0.2, 0.25) is 0 Å². The maximum Gasteiger partial charge on any atom is 0.191 e. The fraction of sp³-hybridized carbons (Fsp3) is 0.591. The van der Waals surface area contributed by atoms with Gasteiger partial charge in [0.05, 0.1) is 13.2 Å². The Bertz CT molecular complexity index is 612. The third kappa shape index (κ3) is 7.52. The van der Waals surface area contributed by atoms with E-state index in [0.717, 1.165) is 56.5 Å². The Morgan fingerprint density at radius 1 is 1.29 bits per heavy atom. The van der Waals surface area contributed by atoms with E-state index in [4.69, 9.17) is 9.47 Å². The Kier molecular flexibility index (Phi) is 9.86. The van der Waals surface area contributed by atoms with Crippen LogP contribution in [0.2, 0.25) is 0 Å². The molecule has 1 aliphatic heterocycles. The fourth-order valence-electron chi connectivity index (χ4n) is 3.40. The van der Waals surface area contributed by atoms with Gasteiger partial charge >= 0.3 is 0 Å². The maximum absolute atomic E-state index is 5.74. The molecule has 0 aliphatic carbocycles. The quantitative estimate of drug-likeness (QED) is 0.367. The Morgan fingerprint density at radius 3 is 2.71 bits per heavy atom. The molecule has 1 unspecified atom stereocenters. The second-order valence-electron chi connectivity index (χ2n) is 7.45. The van der Waals surface area contributed by atoms with Gasteiger partial charge in [-0.15, -0.1) is 0 Å². The van der Waals surface area contributed by atoms with Crippen molar-refractivity contribution in [1.29, 1.82) is 0 Å². The van der Waals surface area contributed by atoms with E-state index in [1.165, 1.54) is 0 Å². The van der Waals surface area contributed by atoms with E-state index in [2.05, 4.69) is 47.0 Å². The number of hydrogen-bond donors (Lipinski definition) is 2. The predicted molar refractivity (Wildman–Crippen MR) is 116 cm³/mol. The van der Waals surface area contributed by atoms with Crippen LogP contribution in [-0.2, 0) is 11.3 Å². The van der Waals surface area contributed by atoms with Crippen LogP contribution in [0.25, 0.3) is 0 Å². The van der Waals surface area contributed by atoms with Crippen molar-refractivity contribution in [1.82, 2.24) is 15.5 Å². The fourth-order valence-corrected chi connectivity index (χ4v) is 3.40. The summed E-state index contributed by atoms with van der Waals surface area (Å²) in [6, 6.07) is 8.52. The number of ether oxygens (including phenoxy) is 2. The standard InChI is InChI=1S/C22H36N4O2/c1-5-12-28-21-9-7-6-8-19(21)16-24-22(23-4)25-17-20(15-18(2)3)26-10-13-27-14-11-26/h5-9,18,20H,1,10-17H2,2-4H3,(H2,23,24,25). The lowest BCUT2D eigenvalue weighted by molar-refractivity contribution is 0.0132. The van der Waals surface area contributed by atoms with Gasteiger partial charge in [0, 0.05) is 44.8 Å². The summed E-state index contributed by atoms with van der Waals surface area (Å²) in [7, 11) is 1.81. The van der Waals surface area contributed by atoms with Crippen molar-refractivity contribution < 1.29 is 9.47 Å². The highest BCUT2D eigenvalue weighted by atomic mass is 16.5. The molecule has 0 radical (unpaired) electrons. The topological polar surface area (TPSA) is 58.1 Å². The maximum atomic E-state index is 5.74. The summed E-state index contributed by atoms with van der Waals surface area (Å²) in [6.07, 6.45) is 2.91. The number of hydrogen-bond acceptors (Lipinski definition) is 4. The van der Waals surface area contributed by atoms with Crippen LogP contribution >= 0.6 is 0 Å². The molecule has 1 heterocycles. The molecule has 1 saturated heterocycles. The van der Waals surface area contributed by atoms with Gasteiger partial charge in [-0.2, -0.15) is 0 Å². The summed E-state index contributed by atoms with van der Waals surface area (Å²) in [4.78, 5) is 6.92. The first-order valence-electron chi connectivity index (χ1n) is 10.2. The molecule has 156 valence electrons. The third-order valence-corrected chi connectivity index (χ3v) is 4.81. The summed E-state index contributed by atoms with van der Waals surface area (Å²) >= 11 is 0. The zero-order valence-electron chi connectivity index (χ0n) is 17.6. The zero-order valence-corrected chi connectivity index (χ0v) is 17.6. The molecule has 1 aromatic rings. The molecule has 2 rings (SSSR count). The molecular formula is C22H36N4O2. The number of benzene rings is 1. The van der Waals surface area contributed by atoms with Gasteiger partial charge < -0.3 is 20.1 Å². The molecule has 1 aliphatic rings. The van der Waals surface area contributed by atoms with Crippen LogP contribution in [0.15, 0.2) is 41.9 Å². The first kappa shape index (κ1) is 22.2. The van der Waals surface area contributed by atoms with Crippen LogP contribution in [0, 0.1) is 5.92 Å². The van der Waals surface area contributed by atoms with Crippen LogP contribution in [-0.4, -0.2) is 63.4 Å². The van der Waals surface area contributed by atoms with Crippen molar-refractivity contribution in [3.05, 3.63) is 42.5 Å². The van der Waals surface area contributed by atoms with Crippen LogP contribution in [0.4, 0.5) is 0 Å². The highest BCUT2D eigenvalue weighted by Gasteiger charge is 2.22. The molecule has 1 aromatic carbocycles. The van der Waals surface area contributed by atoms with Gasteiger partial charge in [0.25, 0.3) is 0 Å². The van der Waals surface area contributed by atoms with Crippen molar-refractivity contribution in [2.24, 2.45) is 10.9 Å². The lowest BCUT2D eigenvalue weighted by atomic mass is 10.0. The highest BCUT2D eigenvalue weighted by molar-refractivity contribution is 5.79. The van der Waals surface area contributed by atoms with E-state index in [1.807, 2.05) is 25.2 Å². The van der Waals surface area contributed by atoms with Gasteiger partial charge in [-0.3, -0.25) is 9.89 Å². The number of para-hydroxylation sites is 1. The van der Waals surface area contributed by atoms with Crippen molar-refractivity contribution >= 4 is 5.96 Å². The second-order valence-corrected chi connectivity index (χ2v) is 7.45. The molecule has 1 atom stereocenters. The summed E-state index contributed by atoms with van der Waals surface area (Å²) in [5, 5.41) is 6.91. The number of nitrogens with zero attached hydrogens (tertiary/aromatic N) is 2. The normalized spacial score (nSPS) is 16.6. The van der Waals surface area contributed by atoms with E-state index in [-0.39, 0.29) is 0 Å². The van der Waals surface area contributed by atoms with Gasteiger partial charge in [-0.25, -0.2) is 0 Å². The smallest absolute Gasteiger partial charge is 0.191 e. The molecule has 0 spiro atoms. The summed E-state index contributed by atoms with van der Waals surface area (Å²) in [5.41, 5.74) is 1.10. The molecule has 0 saturated carbocycles. The SMILES string of the molecule is C=CCOc1ccccc1CNC(=NC)NCC(CC(C)C)N1CCOCC1. The average molecular weight is 389 g/mol. The Balaban J connectivity index is 1.89. The van der Waals surface area contributed by atoms with E-state index < -0.39 is 0 Å². The largest absolute Gasteiger partial charge is 0.489 e. The predicted octanol–water partition coefficient (Wildman–Crippen LogP) is 2.66. The summed E-state index contributed by atoms with van der Waals surface area (Å²) < 4.78 is 11.2. The number of guanidine groups is 1. The Labute approximate surface area is 170 Å². The van der Waals surface area contributed by atoms with Crippen molar-refractivity contribution in [3.63, 3.8) is 0 Å². The lowest BCUT2D eigenvalue weighted by Crippen LogP contribution is -2.51. The molecule has 6 heteroatoms. The molecule has 28 heavy (non-hydrogen) atoms. The van der Waals surface area contributed by atoms with Crippen molar-refractivity contribution in [3.8, 4) is 5.75 Å². The van der Waals surface area contributed by atoms with Gasteiger partial charge in [-0.05, 0) is 18.4 Å². The van der Waals surface area contributed by atoms with E-state index in [0.29, 0.717) is 25.1 Å². The number of rotatable bonds is 10. The average Bonchev–Trinajstić information content (AvgIpc) is 2.72. The molecular weight excluding hydrogens is 352 g/mol. The first-order valence-corrected chi connectivity index (χ1v) is 10.2. The van der Waals surface area contributed by atoms with Crippen LogP contribution in [0.1, 0.15) is 25.8 Å². The molecule has 0 bridgehead atoms. The minimum Gasteiger partial charge on any atom is -0.489 e.